The second-order valence-corrected chi connectivity index (χ2v) is 6.86. The lowest BCUT2D eigenvalue weighted by molar-refractivity contribution is -0.123. The highest BCUT2D eigenvalue weighted by Crippen LogP contribution is 2.32. The van der Waals surface area contributed by atoms with Gasteiger partial charge in [-0.15, -0.1) is 0 Å². The Hall–Kier alpha value is -2.80. The summed E-state index contributed by atoms with van der Waals surface area (Å²) in [6.45, 7) is 2.17. The number of imide groups is 1. The number of methoxy groups -OCH3 is 1. The molecular weight excluding hydrogens is 369 g/mol. The molecule has 0 radical (unpaired) electrons. The second-order valence-electron chi connectivity index (χ2n) is 5.86. The third kappa shape index (κ3) is 4.49. The van der Waals surface area contributed by atoms with Crippen molar-refractivity contribution in [3.8, 4) is 11.5 Å². The van der Waals surface area contributed by atoms with Crippen molar-refractivity contribution < 1.29 is 23.5 Å². The van der Waals surface area contributed by atoms with Crippen LogP contribution in [0.2, 0.25) is 0 Å². The maximum absolute atomic E-state index is 12.9. The SMILES string of the molecule is COc1ccc(/C=C2\SC(=O)N(CCOc3ccc(F)cc3)C2=O)cc1C. The smallest absolute Gasteiger partial charge is 0.293 e. The van der Waals surface area contributed by atoms with E-state index >= 15 is 0 Å². The molecule has 3 rings (SSSR count). The Balaban J connectivity index is 1.64. The van der Waals surface area contributed by atoms with Crippen LogP contribution in [0.3, 0.4) is 0 Å². The van der Waals surface area contributed by atoms with E-state index in [0.717, 1.165) is 33.5 Å². The van der Waals surface area contributed by atoms with Crippen LogP contribution in [-0.4, -0.2) is 36.3 Å². The van der Waals surface area contributed by atoms with Gasteiger partial charge >= 0.3 is 0 Å². The van der Waals surface area contributed by atoms with Crippen molar-refractivity contribution in [2.75, 3.05) is 20.3 Å². The predicted molar refractivity (Wildman–Crippen MR) is 102 cm³/mol. The number of carbonyl (C=O) groups is 2. The van der Waals surface area contributed by atoms with Gasteiger partial charge in [0.25, 0.3) is 11.1 Å². The van der Waals surface area contributed by atoms with Gasteiger partial charge in [-0.3, -0.25) is 14.5 Å². The molecule has 0 spiro atoms. The van der Waals surface area contributed by atoms with Crippen molar-refractivity contribution in [3.05, 3.63) is 64.3 Å². The fourth-order valence-electron chi connectivity index (χ4n) is 2.62. The molecule has 1 aliphatic rings. The molecule has 0 unspecified atom stereocenters. The number of ether oxygens (including phenoxy) is 2. The van der Waals surface area contributed by atoms with Gasteiger partial charge in [-0.1, -0.05) is 6.07 Å². The molecule has 0 atom stereocenters. The zero-order valence-electron chi connectivity index (χ0n) is 14.9. The Bertz CT molecular complexity index is 895. The first-order chi connectivity index (χ1) is 13.0. The quantitative estimate of drug-likeness (QED) is 0.694. The number of amides is 2. The van der Waals surface area contributed by atoms with Crippen LogP contribution >= 0.6 is 11.8 Å². The van der Waals surface area contributed by atoms with E-state index < -0.39 is 0 Å². The maximum atomic E-state index is 12.9. The molecule has 7 heteroatoms. The second kappa shape index (κ2) is 8.26. The van der Waals surface area contributed by atoms with E-state index in [9.17, 15) is 14.0 Å². The van der Waals surface area contributed by atoms with Crippen LogP contribution in [-0.2, 0) is 4.79 Å². The first kappa shape index (κ1) is 19.0. The van der Waals surface area contributed by atoms with Gasteiger partial charge in [-0.25, -0.2) is 4.39 Å². The van der Waals surface area contributed by atoms with Crippen molar-refractivity contribution in [1.82, 2.24) is 4.90 Å². The Labute approximate surface area is 160 Å². The van der Waals surface area contributed by atoms with Crippen LogP contribution in [0.15, 0.2) is 47.4 Å². The van der Waals surface area contributed by atoms with Crippen LogP contribution in [0.5, 0.6) is 11.5 Å². The van der Waals surface area contributed by atoms with Gasteiger partial charge in [-0.05, 0) is 72.3 Å². The third-order valence-electron chi connectivity index (χ3n) is 3.99. The van der Waals surface area contributed by atoms with E-state index in [4.69, 9.17) is 9.47 Å². The minimum Gasteiger partial charge on any atom is -0.496 e. The van der Waals surface area contributed by atoms with Gasteiger partial charge < -0.3 is 9.47 Å². The number of aryl methyl sites for hydroxylation is 1. The Morgan fingerprint density at radius 3 is 2.56 bits per heavy atom. The highest BCUT2D eigenvalue weighted by atomic mass is 32.2. The van der Waals surface area contributed by atoms with Gasteiger partial charge in [0.1, 0.15) is 23.9 Å². The number of benzene rings is 2. The molecule has 1 heterocycles. The first-order valence-corrected chi connectivity index (χ1v) is 9.08. The zero-order valence-corrected chi connectivity index (χ0v) is 15.7. The van der Waals surface area contributed by atoms with E-state index in [0.29, 0.717) is 10.7 Å². The lowest BCUT2D eigenvalue weighted by Crippen LogP contribution is -2.32. The summed E-state index contributed by atoms with van der Waals surface area (Å²) in [6.07, 6.45) is 1.69. The molecule has 2 aromatic carbocycles. The highest BCUT2D eigenvalue weighted by Gasteiger charge is 2.34. The standard InChI is InChI=1S/C20H18FNO4S/c1-13-11-14(3-8-17(13)25-2)12-18-19(23)22(20(24)27-18)9-10-26-16-6-4-15(21)5-7-16/h3-8,11-12H,9-10H2,1-2H3/b18-12-. The van der Waals surface area contributed by atoms with Gasteiger partial charge in [0, 0.05) is 0 Å². The number of hydrogen-bond acceptors (Lipinski definition) is 5. The number of nitrogens with zero attached hydrogens (tertiary/aromatic N) is 1. The summed E-state index contributed by atoms with van der Waals surface area (Å²) in [7, 11) is 1.60. The Morgan fingerprint density at radius 1 is 1.15 bits per heavy atom. The van der Waals surface area contributed by atoms with Gasteiger partial charge in [-0.2, -0.15) is 0 Å². The van der Waals surface area contributed by atoms with Gasteiger partial charge in [0.15, 0.2) is 0 Å². The van der Waals surface area contributed by atoms with Crippen molar-refractivity contribution in [1.29, 1.82) is 0 Å². The summed E-state index contributed by atoms with van der Waals surface area (Å²) in [5.41, 5.74) is 1.76. The molecule has 5 nitrogen and oxygen atoms in total. The summed E-state index contributed by atoms with van der Waals surface area (Å²) >= 11 is 0.903. The maximum Gasteiger partial charge on any atom is 0.293 e. The Kier molecular flexibility index (Phi) is 5.81. The summed E-state index contributed by atoms with van der Waals surface area (Å²) < 4.78 is 23.6. The molecule has 27 heavy (non-hydrogen) atoms. The molecule has 1 fully saturated rings. The molecule has 1 aliphatic heterocycles. The molecule has 2 amide bonds. The van der Waals surface area contributed by atoms with Crippen LogP contribution in [0.25, 0.3) is 6.08 Å². The van der Waals surface area contributed by atoms with E-state index in [2.05, 4.69) is 0 Å². The predicted octanol–water partition coefficient (Wildman–Crippen LogP) is 4.26. The summed E-state index contributed by atoms with van der Waals surface area (Å²) in [4.78, 5) is 26.2. The largest absolute Gasteiger partial charge is 0.496 e. The number of thioether (sulfide) groups is 1. The van der Waals surface area contributed by atoms with E-state index in [1.807, 2.05) is 25.1 Å². The molecule has 0 aromatic heterocycles. The molecule has 0 aliphatic carbocycles. The minimum absolute atomic E-state index is 0.126. The van der Waals surface area contributed by atoms with E-state index in [1.165, 1.54) is 24.3 Å². The summed E-state index contributed by atoms with van der Waals surface area (Å²) in [5, 5.41) is -0.334. The molecule has 140 valence electrons. The van der Waals surface area contributed by atoms with Crippen molar-refractivity contribution in [2.45, 2.75) is 6.92 Å². The summed E-state index contributed by atoms with van der Waals surface area (Å²) in [6, 6.07) is 11.1. The zero-order chi connectivity index (χ0) is 19.4. The third-order valence-corrected chi connectivity index (χ3v) is 4.89. The van der Waals surface area contributed by atoms with Gasteiger partial charge in [0.05, 0.1) is 18.6 Å². The Morgan fingerprint density at radius 2 is 1.89 bits per heavy atom. The molecule has 2 aromatic rings. The average molecular weight is 387 g/mol. The normalized spacial score (nSPS) is 15.5. The van der Waals surface area contributed by atoms with Crippen LogP contribution in [0.4, 0.5) is 9.18 Å². The average Bonchev–Trinajstić information content (AvgIpc) is 2.91. The minimum atomic E-state index is -0.354. The molecule has 0 N–H and O–H groups in total. The topological polar surface area (TPSA) is 55.8 Å². The van der Waals surface area contributed by atoms with Crippen LogP contribution < -0.4 is 9.47 Å². The van der Waals surface area contributed by atoms with E-state index in [-0.39, 0.29) is 30.1 Å². The lowest BCUT2D eigenvalue weighted by atomic mass is 10.1. The van der Waals surface area contributed by atoms with Crippen molar-refractivity contribution >= 4 is 29.0 Å². The number of rotatable bonds is 6. The van der Waals surface area contributed by atoms with Crippen LogP contribution in [0, 0.1) is 12.7 Å². The number of carbonyl (C=O) groups excluding carboxylic acids is 2. The van der Waals surface area contributed by atoms with Crippen molar-refractivity contribution in [3.63, 3.8) is 0 Å². The monoisotopic (exact) mass is 387 g/mol. The number of halogens is 1. The fraction of sp³-hybridized carbons (Fsp3) is 0.200. The lowest BCUT2D eigenvalue weighted by Gasteiger charge is -2.13. The molecular formula is C20H18FNO4S. The van der Waals surface area contributed by atoms with Crippen molar-refractivity contribution in [2.24, 2.45) is 0 Å². The molecule has 0 bridgehead atoms. The van der Waals surface area contributed by atoms with Gasteiger partial charge in [0.2, 0.25) is 0 Å². The fourth-order valence-corrected chi connectivity index (χ4v) is 3.49. The highest BCUT2D eigenvalue weighted by molar-refractivity contribution is 8.18. The first-order valence-electron chi connectivity index (χ1n) is 8.26. The van der Waals surface area contributed by atoms with E-state index in [1.54, 1.807) is 13.2 Å². The number of hydrogen-bond donors (Lipinski definition) is 0. The summed E-state index contributed by atoms with van der Waals surface area (Å²) in [5.74, 6) is 0.541. The molecule has 1 saturated heterocycles. The van der Waals surface area contributed by atoms with Crippen LogP contribution in [0.1, 0.15) is 11.1 Å². The molecule has 0 saturated carbocycles.